The first-order valence-electron chi connectivity index (χ1n) is 11.5. The lowest BCUT2D eigenvalue weighted by atomic mass is 9.89. The Morgan fingerprint density at radius 3 is 2.67 bits per heavy atom. The summed E-state index contributed by atoms with van der Waals surface area (Å²) in [5, 5.41) is 12.5. The topological polar surface area (TPSA) is 67.2 Å². The van der Waals surface area contributed by atoms with Crippen LogP contribution in [0.5, 0.6) is 0 Å². The van der Waals surface area contributed by atoms with E-state index in [2.05, 4.69) is 25.3 Å². The molecule has 30 heavy (non-hydrogen) atoms. The van der Waals surface area contributed by atoms with E-state index in [4.69, 9.17) is 0 Å². The molecule has 2 aromatic rings. The van der Waals surface area contributed by atoms with Crippen LogP contribution in [0, 0.1) is 17.8 Å². The number of para-hydroxylation sites is 1. The third-order valence-corrected chi connectivity index (χ3v) is 7.66. The summed E-state index contributed by atoms with van der Waals surface area (Å²) in [6, 6.07) is 10.5. The van der Waals surface area contributed by atoms with Crippen molar-refractivity contribution in [2.24, 2.45) is 17.8 Å². The highest BCUT2D eigenvalue weighted by Gasteiger charge is 2.41. The molecular formula is C23H32N6O. The van der Waals surface area contributed by atoms with Gasteiger partial charge in [-0.1, -0.05) is 36.1 Å². The van der Waals surface area contributed by atoms with Gasteiger partial charge in [0.25, 0.3) is 0 Å². The number of piperidine rings is 1. The third kappa shape index (κ3) is 3.82. The Kier molecular flexibility index (Phi) is 5.44. The maximum Gasteiger partial charge on any atom is 0.250 e. The molecule has 7 nitrogen and oxygen atoms in total. The molecule has 7 heteroatoms. The van der Waals surface area contributed by atoms with Crippen molar-refractivity contribution in [2.75, 3.05) is 25.0 Å². The molecular weight excluding hydrogens is 376 g/mol. The first-order valence-corrected chi connectivity index (χ1v) is 11.5. The van der Waals surface area contributed by atoms with E-state index in [1.54, 1.807) is 0 Å². The van der Waals surface area contributed by atoms with Gasteiger partial charge < -0.3 is 9.80 Å². The first kappa shape index (κ1) is 19.5. The molecule has 1 aromatic heterocycles. The van der Waals surface area contributed by atoms with Crippen LogP contribution in [0.3, 0.4) is 0 Å². The smallest absolute Gasteiger partial charge is 0.250 e. The van der Waals surface area contributed by atoms with E-state index in [9.17, 15) is 4.79 Å². The number of tetrazole rings is 1. The van der Waals surface area contributed by atoms with Gasteiger partial charge in [-0.05, 0) is 72.4 Å². The summed E-state index contributed by atoms with van der Waals surface area (Å²) < 4.78 is 1.84. The van der Waals surface area contributed by atoms with Crippen molar-refractivity contribution in [3.05, 3.63) is 30.3 Å². The number of rotatable bonds is 5. The molecule has 1 amide bonds. The van der Waals surface area contributed by atoms with Gasteiger partial charge in [-0.15, -0.1) is 0 Å². The van der Waals surface area contributed by atoms with Crippen molar-refractivity contribution in [3.63, 3.8) is 0 Å². The Morgan fingerprint density at radius 2 is 1.87 bits per heavy atom. The fraction of sp³-hybridized carbons (Fsp3) is 0.652. The molecule has 1 aliphatic heterocycles. The fourth-order valence-electron chi connectivity index (χ4n) is 5.88. The van der Waals surface area contributed by atoms with Gasteiger partial charge in [-0.2, -0.15) is 4.68 Å². The molecule has 3 atom stereocenters. The number of nitrogens with zero attached hydrogens (tertiary/aromatic N) is 6. The summed E-state index contributed by atoms with van der Waals surface area (Å²) in [6.45, 7) is 1.94. The molecule has 5 rings (SSSR count). The lowest BCUT2D eigenvalue weighted by Crippen LogP contribution is -2.40. The molecule has 0 N–H and O–H groups in total. The maximum absolute atomic E-state index is 12.8. The third-order valence-electron chi connectivity index (χ3n) is 7.66. The van der Waals surface area contributed by atoms with E-state index in [-0.39, 0.29) is 0 Å². The van der Waals surface area contributed by atoms with Crippen LogP contribution in [0.25, 0.3) is 5.69 Å². The zero-order valence-corrected chi connectivity index (χ0v) is 17.9. The van der Waals surface area contributed by atoms with Gasteiger partial charge in [0.15, 0.2) is 0 Å². The Balaban J connectivity index is 1.23. The van der Waals surface area contributed by atoms with Crippen molar-refractivity contribution in [1.29, 1.82) is 0 Å². The lowest BCUT2D eigenvalue weighted by Gasteiger charge is -2.34. The number of fused-ring (bicyclic) bond motifs is 1. The highest BCUT2D eigenvalue weighted by Crippen LogP contribution is 2.41. The summed E-state index contributed by atoms with van der Waals surface area (Å²) in [7, 11) is 2.03. The predicted octanol–water partition coefficient (Wildman–Crippen LogP) is 3.31. The summed E-state index contributed by atoms with van der Waals surface area (Å²) in [6.07, 6.45) is 9.21. The van der Waals surface area contributed by atoms with Gasteiger partial charge in [0.1, 0.15) is 0 Å². The summed E-state index contributed by atoms with van der Waals surface area (Å²) in [5.41, 5.74) is 0.987. The molecule has 3 aliphatic rings. The van der Waals surface area contributed by atoms with E-state index in [1.807, 2.05) is 42.1 Å². The average Bonchev–Trinajstić information content (AvgIpc) is 3.53. The minimum atomic E-state index is 0.357. The Morgan fingerprint density at radius 1 is 1.10 bits per heavy atom. The number of amides is 1. The second kappa shape index (κ2) is 8.36. The molecule has 0 spiro atoms. The van der Waals surface area contributed by atoms with Crippen molar-refractivity contribution < 1.29 is 4.79 Å². The van der Waals surface area contributed by atoms with Crippen molar-refractivity contribution in [2.45, 2.75) is 57.4 Å². The molecule has 3 fully saturated rings. The summed E-state index contributed by atoms with van der Waals surface area (Å²) >= 11 is 0. The molecule has 160 valence electrons. The second-order valence-corrected chi connectivity index (χ2v) is 9.47. The van der Waals surface area contributed by atoms with Gasteiger partial charge in [-0.3, -0.25) is 4.79 Å². The molecule has 2 saturated carbocycles. The summed E-state index contributed by atoms with van der Waals surface area (Å²) in [5.74, 6) is 3.11. The zero-order chi connectivity index (χ0) is 20.5. The highest BCUT2D eigenvalue weighted by molar-refractivity contribution is 5.76. The molecule has 0 unspecified atom stereocenters. The van der Waals surface area contributed by atoms with E-state index >= 15 is 0 Å². The number of anilines is 1. The van der Waals surface area contributed by atoms with Crippen LogP contribution in [0.4, 0.5) is 5.95 Å². The van der Waals surface area contributed by atoms with E-state index in [1.165, 1.54) is 25.7 Å². The van der Waals surface area contributed by atoms with Gasteiger partial charge >= 0.3 is 0 Å². The van der Waals surface area contributed by atoms with Crippen LogP contribution in [-0.2, 0) is 4.79 Å². The van der Waals surface area contributed by atoms with Crippen LogP contribution in [-0.4, -0.2) is 57.2 Å². The Labute approximate surface area is 178 Å². The van der Waals surface area contributed by atoms with Crippen LogP contribution >= 0.6 is 0 Å². The van der Waals surface area contributed by atoms with Crippen LogP contribution in [0.2, 0.25) is 0 Å². The molecule has 0 radical (unpaired) electrons. The molecule has 0 bridgehead atoms. The number of benzene rings is 1. The molecule has 2 aliphatic carbocycles. The van der Waals surface area contributed by atoms with Crippen molar-refractivity contribution >= 4 is 11.9 Å². The number of hydrogen-bond donors (Lipinski definition) is 0. The van der Waals surface area contributed by atoms with Gasteiger partial charge in [0.05, 0.1) is 5.69 Å². The van der Waals surface area contributed by atoms with Crippen LogP contribution in [0.1, 0.15) is 51.4 Å². The lowest BCUT2D eigenvalue weighted by molar-refractivity contribution is -0.132. The second-order valence-electron chi connectivity index (χ2n) is 9.47. The van der Waals surface area contributed by atoms with E-state index < -0.39 is 0 Å². The van der Waals surface area contributed by atoms with E-state index in [0.717, 1.165) is 50.4 Å². The molecule has 1 aromatic carbocycles. The standard InChI is InChI=1S/C23H32N6O/c1-27(22(30)13-17-7-5-6-8-17)21-14-18-11-12-28(16-19(18)15-21)23-24-25-26-29(23)20-9-3-2-4-10-20/h2-4,9-10,17-19,21H,5-8,11-16H2,1H3/t18-,19-,21+/m1/s1. The number of aromatic nitrogens is 4. The Bertz CT molecular complexity index is 862. The van der Waals surface area contributed by atoms with E-state index in [0.29, 0.717) is 29.7 Å². The van der Waals surface area contributed by atoms with Gasteiger partial charge in [-0.25, -0.2) is 0 Å². The normalized spacial score (nSPS) is 26.7. The number of carbonyl (C=O) groups is 1. The maximum atomic E-state index is 12.8. The zero-order valence-electron chi connectivity index (χ0n) is 17.9. The van der Waals surface area contributed by atoms with Crippen molar-refractivity contribution in [3.8, 4) is 5.69 Å². The Hall–Kier alpha value is -2.44. The fourth-order valence-corrected chi connectivity index (χ4v) is 5.88. The largest absolute Gasteiger partial charge is 0.343 e. The van der Waals surface area contributed by atoms with Crippen LogP contribution in [0.15, 0.2) is 30.3 Å². The quantitative estimate of drug-likeness (QED) is 0.759. The SMILES string of the molecule is CN(C(=O)CC1CCCC1)[C@H]1C[C@H]2CCN(c3nnnn3-c3ccccc3)C[C@H]2C1. The van der Waals surface area contributed by atoms with Crippen LogP contribution < -0.4 is 4.90 Å². The number of carbonyl (C=O) groups excluding carboxylic acids is 1. The molecule has 2 heterocycles. The average molecular weight is 409 g/mol. The minimum absolute atomic E-state index is 0.357. The predicted molar refractivity (Wildman–Crippen MR) is 115 cm³/mol. The number of hydrogen-bond acceptors (Lipinski definition) is 5. The first-order chi connectivity index (χ1) is 14.7. The highest BCUT2D eigenvalue weighted by atomic mass is 16.2. The van der Waals surface area contributed by atoms with Gasteiger partial charge in [0.2, 0.25) is 11.9 Å². The minimum Gasteiger partial charge on any atom is -0.343 e. The van der Waals surface area contributed by atoms with Gasteiger partial charge in [0, 0.05) is 32.6 Å². The monoisotopic (exact) mass is 408 g/mol. The summed E-state index contributed by atoms with van der Waals surface area (Å²) in [4.78, 5) is 17.2. The van der Waals surface area contributed by atoms with Crippen molar-refractivity contribution in [1.82, 2.24) is 25.1 Å². The molecule has 1 saturated heterocycles.